The van der Waals surface area contributed by atoms with E-state index in [-0.39, 0.29) is 0 Å². The summed E-state index contributed by atoms with van der Waals surface area (Å²) in [6.07, 6.45) is 5.97. The number of aromatic nitrogens is 1. The fraction of sp³-hybridized carbons (Fsp3) is 0.615. The lowest BCUT2D eigenvalue weighted by atomic mass is 10.3. The molecule has 1 aliphatic heterocycles. The summed E-state index contributed by atoms with van der Waals surface area (Å²) >= 11 is 0. The van der Waals surface area contributed by atoms with E-state index in [1.54, 1.807) is 0 Å². The van der Waals surface area contributed by atoms with Crippen molar-refractivity contribution in [3.05, 3.63) is 18.5 Å². The van der Waals surface area contributed by atoms with Gasteiger partial charge in [0.05, 0.1) is 30.0 Å². The average molecular weight is 298 g/mol. The van der Waals surface area contributed by atoms with Crippen LogP contribution in [0.1, 0.15) is 13.3 Å². The molecule has 2 heterocycles. The summed E-state index contributed by atoms with van der Waals surface area (Å²) < 4.78 is 24.5. The number of anilines is 2. The summed E-state index contributed by atoms with van der Waals surface area (Å²) in [4.78, 5) is 6.42. The van der Waals surface area contributed by atoms with E-state index in [1.165, 1.54) is 10.6 Å². The Balaban J connectivity index is 2.00. The van der Waals surface area contributed by atoms with Crippen LogP contribution in [0.25, 0.3) is 0 Å². The standard InChI is InChI=1S/C13H22N4O2S/c1-3-4-15-12-9-13(11-14-10-12)16-5-7-17(8-6-16)20(2,18)19/h9-11,15H,3-8H2,1-2H3. The first kappa shape index (κ1) is 15.1. The minimum absolute atomic E-state index is 0.533. The zero-order chi connectivity index (χ0) is 14.6. The quantitative estimate of drug-likeness (QED) is 0.878. The lowest BCUT2D eigenvalue weighted by molar-refractivity contribution is 0.388. The molecule has 0 saturated carbocycles. The summed E-state index contributed by atoms with van der Waals surface area (Å²) in [5, 5.41) is 3.31. The van der Waals surface area contributed by atoms with Crippen LogP contribution < -0.4 is 10.2 Å². The Labute approximate surface area is 120 Å². The molecule has 1 fully saturated rings. The summed E-state index contributed by atoms with van der Waals surface area (Å²) in [5.41, 5.74) is 2.05. The number of nitrogens with one attached hydrogen (secondary N) is 1. The molecule has 0 atom stereocenters. The van der Waals surface area contributed by atoms with E-state index in [2.05, 4.69) is 28.2 Å². The maximum Gasteiger partial charge on any atom is 0.211 e. The van der Waals surface area contributed by atoms with E-state index >= 15 is 0 Å². The Morgan fingerprint density at radius 2 is 1.95 bits per heavy atom. The molecule has 1 aromatic rings. The Hall–Kier alpha value is -1.34. The van der Waals surface area contributed by atoms with Crippen molar-refractivity contribution in [2.45, 2.75) is 13.3 Å². The number of hydrogen-bond donors (Lipinski definition) is 1. The van der Waals surface area contributed by atoms with Gasteiger partial charge in [-0.15, -0.1) is 0 Å². The Kier molecular flexibility index (Phi) is 4.82. The van der Waals surface area contributed by atoms with Crippen LogP contribution in [0.15, 0.2) is 18.5 Å². The highest BCUT2D eigenvalue weighted by Gasteiger charge is 2.23. The van der Waals surface area contributed by atoms with Gasteiger partial charge in [0, 0.05) is 32.7 Å². The van der Waals surface area contributed by atoms with Crippen molar-refractivity contribution in [1.29, 1.82) is 0 Å². The van der Waals surface area contributed by atoms with Gasteiger partial charge in [-0.2, -0.15) is 4.31 Å². The Bertz CT molecular complexity index is 539. The van der Waals surface area contributed by atoms with Gasteiger partial charge < -0.3 is 10.2 Å². The number of nitrogens with zero attached hydrogens (tertiary/aromatic N) is 3. The first-order chi connectivity index (χ1) is 9.50. The van der Waals surface area contributed by atoms with Crippen molar-refractivity contribution < 1.29 is 8.42 Å². The average Bonchev–Trinajstić information content (AvgIpc) is 2.45. The second kappa shape index (κ2) is 6.41. The van der Waals surface area contributed by atoms with Crippen molar-refractivity contribution in [2.75, 3.05) is 49.2 Å². The monoisotopic (exact) mass is 298 g/mol. The molecule has 0 unspecified atom stereocenters. The highest BCUT2D eigenvalue weighted by molar-refractivity contribution is 7.88. The van der Waals surface area contributed by atoms with Gasteiger partial charge in [-0.3, -0.25) is 4.98 Å². The first-order valence-corrected chi connectivity index (χ1v) is 8.74. The molecule has 1 aromatic heterocycles. The van der Waals surface area contributed by atoms with Crippen LogP contribution in [0.2, 0.25) is 0 Å². The van der Waals surface area contributed by atoms with Gasteiger partial charge in [0.25, 0.3) is 0 Å². The van der Waals surface area contributed by atoms with Crippen molar-refractivity contribution in [2.24, 2.45) is 0 Å². The predicted octanol–water partition coefficient (Wildman–Crippen LogP) is 0.985. The van der Waals surface area contributed by atoms with Crippen LogP contribution in [-0.4, -0.2) is 56.7 Å². The summed E-state index contributed by atoms with van der Waals surface area (Å²) in [5.74, 6) is 0. The molecule has 0 amide bonds. The lowest BCUT2D eigenvalue weighted by Crippen LogP contribution is -2.48. The number of hydrogen-bond acceptors (Lipinski definition) is 5. The molecule has 0 spiro atoms. The van der Waals surface area contributed by atoms with Gasteiger partial charge >= 0.3 is 0 Å². The number of piperazine rings is 1. The van der Waals surface area contributed by atoms with Crippen LogP contribution in [0.4, 0.5) is 11.4 Å². The minimum Gasteiger partial charge on any atom is -0.384 e. The lowest BCUT2D eigenvalue weighted by Gasteiger charge is -2.34. The molecule has 0 aromatic carbocycles. The zero-order valence-corrected chi connectivity index (χ0v) is 12.9. The smallest absolute Gasteiger partial charge is 0.211 e. The second-order valence-corrected chi connectivity index (χ2v) is 6.99. The van der Waals surface area contributed by atoms with Crippen molar-refractivity contribution >= 4 is 21.4 Å². The Morgan fingerprint density at radius 3 is 2.55 bits per heavy atom. The van der Waals surface area contributed by atoms with Gasteiger partial charge in [-0.1, -0.05) is 6.92 Å². The third-order valence-corrected chi connectivity index (χ3v) is 4.68. The third kappa shape index (κ3) is 3.83. The minimum atomic E-state index is -3.07. The van der Waals surface area contributed by atoms with Crippen LogP contribution >= 0.6 is 0 Å². The predicted molar refractivity (Wildman–Crippen MR) is 81.6 cm³/mol. The van der Waals surface area contributed by atoms with Gasteiger partial charge in [0.2, 0.25) is 10.0 Å². The summed E-state index contributed by atoms with van der Waals surface area (Å²) in [7, 11) is -3.07. The van der Waals surface area contributed by atoms with Crippen molar-refractivity contribution in [1.82, 2.24) is 9.29 Å². The number of rotatable bonds is 5. The SMILES string of the molecule is CCCNc1cncc(N2CCN(S(C)(=O)=O)CC2)c1. The van der Waals surface area contributed by atoms with Crippen molar-refractivity contribution in [3.8, 4) is 0 Å². The molecule has 20 heavy (non-hydrogen) atoms. The fourth-order valence-corrected chi connectivity index (χ4v) is 3.07. The van der Waals surface area contributed by atoms with Gasteiger partial charge in [-0.25, -0.2) is 8.42 Å². The highest BCUT2D eigenvalue weighted by atomic mass is 32.2. The van der Waals surface area contributed by atoms with Crippen LogP contribution in [-0.2, 0) is 10.0 Å². The topological polar surface area (TPSA) is 65.5 Å². The van der Waals surface area contributed by atoms with Crippen molar-refractivity contribution in [3.63, 3.8) is 0 Å². The number of pyridine rings is 1. The van der Waals surface area contributed by atoms with Gasteiger partial charge in [0.1, 0.15) is 0 Å². The molecule has 1 saturated heterocycles. The van der Waals surface area contributed by atoms with E-state index in [0.29, 0.717) is 26.2 Å². The van der Waals surface area contributed by atoms with E-state index in [0.717, 1.165) is 24.3 Å². The molecule has 0 radical (unpaired) electrons. The largest absolute Gasteiger partial charge is 0.384 e. The summed E-state index contributed by atoms with van der Waals surface area (Å²) in [6.45, 7) is 5.51. The molecule has 112 valence electrons. The molecule has 6 nitrogen and oxygen atoms in total. The molecule has 1 aliphatic rings. The Morgan fingerprint density at radius 1 is 1.25 bits per heavy atom. The molecule has 1 N–H and O–H groups in total. The van der Waals surface area contributed by atoms with Crippen LogP contribution in [0.3, 0.4) is 0 Å². The molecule has 0 bridgehead atoms. The zero-order valence-electron chi connectivity index (χ0n) is 12.0. The van der Waals surface area contributed by atoms with E-state index in [1.807, 2.05) is 12.4 Å². The molecular weight excluding hydrogens is 276 g/mol. The molecular formula is C13H22N4O2S. The highest BCUT2D eigenvalue weighted by Crippen LogP contribution is 2.20. The van der Waals surface area contributed by atoms with E-state index in [9.17, 15) is 8.42 Å². The normalized spacial score (nSPS) is 17.2. The maximum absolute atomic E-state index is 11.5. The molecule has 7 heteroatoms. The van der Waals surface area contributed by atoms with Crippen LogP contribution in [0, 0.1) is 0 Å². The van der Waals surface area contributed by atoms with Gasteiger partial charge in [0.15, 0.2) is 0 Å². The fourth-order valence-electron chi connectivity index (χ4n) is 2.24. The summed E-state index contributed by atoms with van der Waals surface area (Å²) in [6, 6.07) is 2.07. The first-order valence-electron chi connectivity index (χ1n) is 6.89. The van der Waals surface area contributed by atoms with E-state index in [4.69, 9.17) is 0 Å². The van der Waals surface area contributed by atoms with Crippen LogP contribution in [0.5, 0.6) is 0 Å². The third-order valence-electron chi connectivity index (χ3n) is 3.38. The second-order valence-electron chi connectivity index (χ2n) is 5.01. The van der Waals surface area contributed by atoms with E-state index < -0.39 is 10.0 Å². The van der Waals surface area contributed by atoms with Gasteiger partial charge in [-0.05, 0) is 12.5 Å². The maximum atomic E-state index is 11.5. The molecule has 2 rings (SSSR count). The molecule has 0 aliphatic carbocycles. The number of sulfonamides is 1.